The van der Waals surface area contributed by atoms with Crippen LogP contribution in [0.15, 0.2) is 42.5 Å². The zero-order valence-electron chi connectivity index (χ0n) is 18.9. The van der Waals surface area contributed by atoms with Gasteiger partial charge in [-0.15, -0.1) is 11.8 Å². The smallest absolute Gasteiger partial charge is 0.238 e. The number of nitrogens with one attached hydrogen (secondary N) is 1. The van der Waals surface area contributed by atoms with Crippen molar-refractivity contribution in [2.75, 3.05) is 16.0 Å². The first-order chi connectivity index (χ1) is 14.5. The molecule has 1 aliphatic rings. The van der Waals surface area contributed by atoms with Gasteiger partial charge in [0, 0.05) is 17.7 Å². The van der Waals surface area contributed by atoms with Crippen molar-refractivity contribution < 1.29 is 14.0 Å². The molecule has 6 heteroatoms. The largest absolute Gasteiger partial charge is 0.326 e. The molecule has 0 spiro atoms. The van der Waals surface area contributed by atoms with Crippen LogP contribution >= 0.6 is 11.8 Å². The number of hydrogen-bond acceptors (Lipinski definition) is 3. The van der Waals surface area contributed by atoms with Gasteiger partial charge >= 0.3 is 0 Å². The molecule has 2 atom stereocenters. The van der Waals surface area contributed by atoms with Crippen LogP contribution in [0.3, 0.4) is 0 Å². The number of anilines is 2. The van der Waals surface area contributed by atoms with Crippen LogP contribution in [0.2, 0.25) is 0 Å². The summed E-state index contributed by atoms with van der Waals surface area (Å²) in [5, 5.41) is 2.74. The van der Waals surface area contributed by atoms with Crippen molar-refractivity contribution in [2.45, 2.75) is 52.8 Å². The van der Waals surface area contributed by atoms with Crippen LogP contribution in [0.5, 0.6) is 0 Å². The number of halogens is 1. The van der Waals surface area contributed by atoms with Crippen molar-refractivity contribution in [3.05, 3.63) is 59.4 Å². The molecule has 1 N–H and O–H groups in total. The highest BCUT2D eigenvalue weighted by Crippen LogP contribution is 2.43. The molecule has 1 aliphatic heterocycles. The summed E-state index contributed by atoms with van der Waals surface area (Å²) in [6, 6.07) is 12.4. The number of rotatable bonds is 6. The van der Waals surface area contributed by atoms with Gasteiger partial charge in [0.15, 0.2) is 0 Å². The van der Waals surface area contributed by atoms with Gasteiger partial charge in [-0.05, 0) is 54.5 Å². The second kappa shape index (κ2) is 9.43. The Balaban J connectivity index is 1.77. The van der Waals surface area contributed by atoms with E-state index in [0.29, 0.717) is 29.1 Å². The van der Waals surface area contributed by atoms with Crippen molar-refractivity contribution in [2.24, 2.45) is 11.3 Å². The van der Waals surface area contributed by atoms with Crippen molar-refractivity contribution in [1.82, 2.24) is 0 Å². The van der Waals surface area contributed by atoms with Gasteiger partial charge in [0.05, 0.1) is 11.4 Å². The highest BCUT2D eigenvalue weighted by atomic mass is 32.2. The zero-order chi connectivity index (χ0) is 22.8. The maximum Gasteiger partial charge on any atom is 0.238 e. The van der Waals surface area contributed by atoms with E-state index in [2.05, 4.69) is 33.0 Å². The van der Waals surface area contributed by atoms with Crippen LogP contribution in [-0.4, -0.2) is 17.6 Å². The van der Waals surface area contributed by atoms with Gasteiger partial charge in [0.1, 0.15) is 11.2 Å². The van der Waals surface area contributed by atoms with Crippen molar-refractivity contribution in [3.8, 4) is 0 Å². The summed E-state index contributed by atoms with van der Waals surface area (Å²) in [6.07, 6.45) is 1.44. The van der Waals surface area contributed by atoms with Crippen LogP contribution in [0.25, 0.3) is 0 Å². The van der Waals surface area contributed by atoms with E-state index in [1.807, 2.05) is 24.3 Å². The molecule has 2 amide bonds. The number of hydrogen-bond donors (Lipinski definition) is 1. The van der Waals surface area contributed by atoms with Gasteiger partial charge in [-0.25, -0.2) is 4.39 Å². The molecular weight excluding hydrogens is 411 g/mol. The average molecular weight is 443 g/mol. The maximum absolute atomic E-state index is 14.1. The van der Waals surface area contributed by atoms with Crippen LogP contribution in [-0.2, 0) is 9.59 Å². The standard InChI is InChI=1S/C25H31FN2O2S/c1-16(14-25(3,4)5)12-22(29)27-19-9-6-8-18(13-19)24-28(23(30)15-31-24)21-11-7-10-20(26)17(21)2/h6-11,13,16,24H,12,14-15H2,1-5H3,(H,27,29)/t16-,24-/m0/s1. The molecule has 0 radical (unpaired) electrons. The fourth-order valence-corrected chi connectivity index (χ4v) is 5.36. The molecule has 0 aliphatic carbocycles. The maximum atomic E-state index is 14.1. The summed E-state index contributed by atoms with van der Waals surface area (Å²) in [7, 11) is 0. The summed E-state index contributed by atoms with van der Waals surface area (Å²) >= 11 is 1.51. The summed E-state index contributed by atoms with van der Waals surface area (Å²) in [6.45, 7) is 10.3. The fraction of sp³-hybridized carbons (Fsp3) is 0.440. The van der Waals surface area contributed by atoms with Gasteiger partial charge in [0.25, 0.3) is 0 Å². The van der Waals surface area contributed by atoms with Gasteiger partial charge in [-0.2, -0.15) is 0 Å². The average Bonchev–Trinajstić information content (AvgIpc) is 3.04. The first-order valence-corrected chi connectivity index (χ1v) is 11.7. The van der Waals surface area contributed by atoms with Crippen LogP contribution in [0.4, 0.5) is 15.8 Å². The molecule has 0 saturated carbocycles. The van der Waals surface area contributed by atoms with E-state index in [1.54, 1.807) is 24.0 Å². The molecule has 4 nitrogen and oxygen atoms in total. The quantitative estimate of drug-likeness (QED) is 0.570. The van der Waals surface area contributed by atoms with Gasteiger partial charge in [-0.1, -0.05) is 45.9 Å². The monoisotopic (exact) mass is 442 g/mol. The highest BCUT2D eigenvalue weighted by molar-refractivity contribution is 8.00. The molecule has 1 saturated heterocycles. The molecular formula is C25H31FN2O2S. The van der Waals surface area contributed by atoms with Crippen LogP contribution in [0.1, 0.15) is 57.0 Å². The first-order valence-electron chi connectivity index (χ1n) is 10.6. The predicted octanol–water partition coefficient (Wildman–Crippen LogP) is 6.31. The number of amides is 2. The lowest BCUT2D eigenvalue weighted by atomic mass is 9.84. The molecule has 2 aromatic rings. The predicted molar refractivity (Wildman–Crippen MR) is 127 cm³/mol. The Morgan fingerprint density at radius 2 is 1.97 bits per heavy atom. The van der Waals surface area contributed by atoms with Crippen LogP contribution in [0, 0.1) is 24.1 Å². The third-order valence-corrected chi connectivity index (χ3v) is 6.53. The van der Waals surface area contributed by atoms with E-state index in [0.717, 1.165) is 12.0 Å². The topological polar surface area (TPSA) is 49.4 Å². The van der Waals surface area contributed by atoms with E-state index in [4.69, 9.17) is 0 Å². The Morgan fingerprint density at radius 3 is 2.68 bits per heavy atom. The Morgan fingerprint density at radius 1 is 1.26 bits per heavy atom. The number of thioether (sulfide) groups is 1. The normalized spacial score (nSPS) is 17.7. The first kappa shape index (κ1) is 23.3. The van der Waals surface area contributed by atoms with Crippen LogP contribution < -0.4 is 10.2 Å². The fourth-order valence-electron chi connectivity index (χ4n) is 4.20. The number of nitrogens with zero attached hydrogens (tertiary/aromatic N) is 1. The van der Waals surface area contributed by atoms with Gasteiger partial charge < -0.3 is 5.32 Å². The molecule has 0 bridgehead atoms. The molecule has 166 valence electrons. The lowest BCUT2D eigenvalue weighted by molar-refractivity contribution is -0.117. The molecule has 31 heavy (non-hydrogen) atoms. The summed E-state index contributed by atoms with van der Waals surface area (Å²) in [5.41, 5.74) is 2.84. The Hall–Kier alpha value is -2.34. The number of benzene rings is 2. The molecule has 3 rings (SSSR count). The van der Waals surface area contributed by atoms with E-state index in [9.17, 15) is 14.0 Å². The molecule has 1 heterocycles. The van der Waals surface area contributed by atoms with Gasteiger partial charge in [-0.3, -0.25) is 14.5 Å². The summed E-state index contributed by atoms with van der Waals surface area (Å²) in [4.78, 5) is 26.8. The van der Waals surface area contributed by atoms with Crippen molar-refractivity contribution in [3.63, 3.8) is 0 Å². The third-order valence-electron chi connectivity index (χ3n) is 5.32. The Bertz CT molecular complexity index is 970. The van der Waals surface area contributed by atoms with E-state index < -0.39 is 0 Å². The highest BCUT2D eigenvalue weighted by Gasteiger charge is 2.35. The van der Waals surface area contributed by atoms with Gasteiger partial charge in [0.2, 0.25) is 11.8 Å². The lowest BCUT2D eigenvalue weighted by Crippen LogP contribution is -2.28. The minimum absolute atomic E-state index is 0.0121. The van der Waals surface area contributed by atoms with E-state index in [-0.39, 0.29) is 34.3 Å². The number of carbonyl (C=O) groups is 2. The molecule has 0 unspecified atom stereocenters. The summed E-state index contributed by atoms with van der Waals surface area (Å²) in [5.74, 6) is 0.238. The summed E-state index contributed by atoms with van der Waals surface area (Å²) < 4.78 is 14.1. The Labute approximate surface area is 188 Å². The molecule has 1 fully saturated rings. The second-order valence-electron chi connectivity index (χ2n) is 9.56. The zero-order valence-corrected chi connectivity index (χ0v) is 19.7. The van der Waals surface area contributed by atoms with E-state index >= 15 is 0 Å². The SMILES string of the molecule is Cc1c(F)cccc1N1C(=O)CS[C@H]1c1cccc(NC(=O)C[C@H](C)CC(C)(C)C)c1. The lowest BCUT2D eigenvalue weighted by Gasteiger charge is -2.26. The van der Waals surface area contributed by atoms with Crippen molar-refractivity contribution in [1.29, 1.82) is 0 Å². The minimum atomic E-state index is -0.327. The Kier molecular flexibility index (Phi) is 7.10. The molecule has 0 aromatic heterocycles. The second-order valence-corrected chi connectivity index (χ2v) is 10.6. The minimum Gasteiger partial charge on any atom is -0.326 e. The third kappa shape index (κ3) is 5.88. The van der Waals surface area contributed by atoms with Crippen molar-refractivity contribution >= 4 is 35.0 Å². The van der Waals surface area contributed by atoms with E-state index in [1.165, 1.54) is 17.8 Å². The molecule has 2 aromatic carbocycles. The number of carbonyl (C=O) groups excluding carboxylic acids is 2.